The molecule has 1 unspecified atom stereocenters. The molecule has 1 aromatic carbocycles. The number of carboxylic acid groups (broad SMARTS) is 1. The maximum atomic E-state index is 13.3. The summed E-state index contributed by atoms with van der Waals surface area (Å²) in [4.78, 5) is 21.8. The highest BCUT2D eigenvalue weighted by molar-refractivity contribution is 5.89. The summed E-state index contributed by atoms with van der Waals surface area (Å²) in [6, 6.07) is -0.474. The maximum Gasteiger partial charge on any atom is 0.319 e. The van der Waals surface area contributed by atoms with Gasteiger partial charge in [0.05, 0.1) is 5.69 Å². The SMILES string of the molecule is CC(CCC(=O)O)NC(=O)Nc1cc(F)c(F)cc1F. The van der Waals surface area contributed by atoms with Crippen LogP contribution in [0.1, 0.15) is 19.8 Å². The van der Waals surface area contributed by atoms with Crippen molar-refractivity contribution in [2.24, 2.45) is 0 Å². The number of aliphatic carboxylic acids is 1. The van der Waals surface area contributed by atoms with E-state index in [4.69, 9.17) is 5.11 Å². The van der Waals surface area contributed by atoms with Gasteiger partial charge in [-0.05, 0) is 13.3 Å². The lowest BCUT2D eigenvalue weighted by Crippen LogP contribution is -2.36. The van der Waals surface area contributed by atoms with E-state index in [1.165, 1.54) is 0 Å². The van der Waals surface area contributed by atoms with Crippen molar-refractivity contribution in [3.63, 3.8) is 0 Å². The van der Waals surface area contributed by atoms with Crippen LogP contribution in [0, 0.1) is 17.5 Å². The van der Waals surface area contributed by atoms with Crippen LogP contribution in [-0.2, 0) is 4.79 Å². The van der Waals surface area contributed by atoms with Gasteiger partial charge in [-0.3, -0.25) is 4.79 Å². The average Bonchev–Trinajstić information content (AvgIpc) is 2.33. The van der Waals surface area contributed by atoms with Gasteiger partial charge in [-0.2, -0.15) is 0 Å². The zero-order valence-electron chi connectivity index (χ0n) is 10.5. The Labute approximate surface area is 112 Å². The molecule has 0 heterocycles. The van der Waals surface area contributed by atoms with Gasteiger partial charge in [-0.1, -0.05) is 0 Å². The van der Waals surface area contributed by atoms with Gasteiger partial charge in [-0.15, -0.1) is 0 Å². The summed E-state index contributed by atoms with van der Waals surface area (Å²) in [5.74, 6) is -4.77. The fourth-order valence-corrected chi connectivity index (χ4v) is 1.41. The normalized spacial score (nSPS) is 11.8. The molecule has 0 aliphatic carbocycles. The lowest BCUT2D eigenvalue weighted by atomic mass is 10.2. The Kier molecular flexibility index (Phi) is 5.36. The molecule has 0 fully saturated rings. The van der Waals surface area contributed by atoms with E-state index in [-0.39, 0.29) is 12.8 Å². The van der Waals surface area contributed by atoms with Gasteiger partial charge in [0.1, 0.15) is 5.82 Å². The second kappa shape index (κ2) is 6.78. The predicted molar refractivity (Wildman–Crippen MR) is 64.8 cm³/mol. The molecule has 0 aliphatic heterocycles. The van der Waals surface area contributed by atoms with Gasteiger partial charge in [0, 0.05) is 24.6 Å². The van der Waals surface area contributed by atoms with Crippen molar-refractivity contribution in [1.29, 1.82) is 0 Å². The number of hydrogen-bond donors (Lipinski definition) is 3. The third-order valence-corrected chi connectivity index (χ3v) is 2.43. The third-order valence-electron chi connectivity index (χ3n) is 2.43. The van der Waals surface area contributed by atoms with Crippen molar-refractivity contribution in [3.05, 3.63) is 29.6 Å². The number of carbonyl (C=O) groups excluding carboxylic acids is 1. The quantitative estimate of drug-likeness (QED) is 0.729. The summed E-state index contributed by atoms with van der Waals surface area (Å²) in [7, 11) is 0. The molecule has 20 heavy (non-hydrogen) atoms. The van der Waals surface area contributed by atoms with E-state index in [0.717, 1.165) is 0 Å². The van der Waals surface area contributed by atoms with Crippen molar-refractivity contribution in [3.8, 4) is 0 Å². The van der Waals surface area contributed by atoms with E-state index in [1.54, 1.807) is 6.92 Å². The van der Waals surface area contributed by atoms with Crippen LogP contribution in [0.2, 0.25) is 0 Å². The molecule has 2 amide bonds. The first-order valence-corrected chi connectivity index (χ1v) is 5.73. The molecule has 0 saturated carbocycles. The van der Waals surface area contributed by atoms with Crippen LogP contribution in [0.25, 0.3) is 0 Å². The van der Waals surface area contributed by atoms with Crippen molar-refractivity contribution >= 4 is 17.7 Å². The number of hydrogen-bond acceptors (Lipinski definition) is 2. The second-order valence-electron chi connectivity index (χ2n) is 4.18. The Morgan fingerprint density at radius 3 is 2.40 bits per heavy atom. The van der Waals surface area contributed by atoms with Crippen LogP contribution < -0.4 is 10.6 Å². The molecule has 5 nitrogen and oxygen atoms in total. The van der Waals surface area contributed by atoms with E-state index in [2.05, 4.69) is 5.32 Å². The fourth-order valence-electron chi connectivity index (χ4n) is 1.41. The summed E-state index contributed by atoms with van der Waals surface area (Å²) >= 11 is 0. The number of carboxylic acids is 1. The Morgan fingerprint density at radius 2 is 1.80 bits per heavy atom. The van der Waals surface area contributed by atoms with Crippen LogP contribution >= 0.6 is 0 Å². The number of benzene rings is 1. The minimum Gasteiger partial charge on any atom is -0.481 e. The lowest BCUT2D eigenvalue weighted by molar-refractivity contribution is -0.137. The Morgan fingerprint density at radius 1 is 1.20 bits per heavy atom. The summed E-state index contributed by atoms with van der Waals surface area (Å²) in [6.07, 6.45) is 0.0456. The topological polar surface area (TPSA) is 78.4 Å². The maximum absolute atomic E-state index is 13.3. The summed E-state index contributed by atoms with van der Waals surface area (Å²) in [6.45, 7) is 1.56. The predicted octanol–water partition coefficient (Wildman–Crippen LogP) is 2.48. The van der Waals surface area contributed by atoms with Crippen LogP contribution in [0.15, 0.2) is 12.1 Å². The number of nitrogens with one attached hydrogen (secondary N) is 2. The van der Waals surface area contributed by atoms with Crippen LogP contribution in [0.5, 0.6) is 0 Å². The highest BCUT2D eigenvalue weighted by atomic mass is 19.2. The molecule has 1 rings (SSSR count). The van der Waals surface area contributed by atoms with Gasteiger partial charge in [0.25, 0.3) is 0 Å². The largest absolute Gasteiger partial charge is 0.481 e. The van der Waals surface area contributed by atoms with Crippen LogP contribution in [-0.4, -0.2) is 23.1 Å². The molecule has 0 spiro atoms. The van der Waals surface area contributed by atoms with E-state index < -0.39 is 41.2 Å². The van der Waals surface area contributed by atoms with Crippen molar-refractivity contribution in [2.75, 3.05) is 5.32 Å². The molecule has 8 heteroatoms. The van der Waals surface area contributed by atoms with E-state index >= 15 is 0 Å². The van der Waals surface area contributed by atoms with Gasteiger partial charge in [0.2, 0.25) is 0 Å². The highest BCUT2D eigenvalue weighted by Gasteiger charge is 2.14. The van der Waals surface area contributed by atoms with E-state index in [9.17, 15) is 22.8 Å². The van der Waals surface area contributed by atoms with Gasteiger partial charge in [-0.25, -0.2) is 18.0 Å². The smallest absolute Gasteiger partial charge is 0.319 e. The summed E-state index contributed by atoms with van der Waals surface area (Å²) in [5.41, 5.74) is -0.508. The first-order valence-electron chi connectivity index (χ1n) is 5.73. The molecule has 0 bridgehead atoms. The molecule has 0 aromatic heterocycles. The minimum atomic E-state index is -1.36. The Bertz CT molecular complexity index is 523. The highest BCUT2D eigenvalue weighted by Crippen LogP contribution is 2.18. The Balaban J connectivity index is 2.58. The second-order valence-corrected chi connectivity index (χ2v) is 4.18. The molecule has 0 aliphatic rings. The molecule has 3 N–H and O–H groups in total. The summed E-state index contributed by atoms with van der Waals surface area (Å²) < 4.78 is 38.8. The standard InChI is InChI=1S/C12H13F3N2O3/c1-6(2-3-11(18)19)16-12(20)17-10-5-8(14)7(13)4-9(10)15/h4-6H,2-3H2,1H3,(H,18,19)(H2,16,17,20). The first-order chi connectivity index (χ1) is 9.29. The molecule has 0 saturated heterocycles. The van der Waals surface area contributed by atoms with Gasteiger partial charge < -0.3 is 15.7 Å². The van der Waals surface area contributed by atoms with Crippen molar-refractivity contribution in [2.45, 2.75) is 25.8 Å². The summed E-state index contributed by atoms with van der Waals surface area (Å²) in [5, 5.41) is 12.8. The van der Waals surface area contributed by atoms with E-state index in [0.29, 0.717) is 12.1 Å². The number of amides is 2. The Hall–Kier alpha value is -2.25. The zero-order valence-corrected chi connectivity index (χ0v) is 10.5. The zero-order chi connectivity index (χ0) is 15.3. The van der Waals surface area contributed by atoms with Gasteiger partial charge in [0.15, 0.2) is 11.6 Å². The molecular formula is C12H13F3N2O3. The third kappa shape index (κ3) is 4.79. The minimum absolute atomic E-state index is 0.138. The fraction of sp³-hybridized carbons (Fsp3) is 0.333. The lowest BCUT2D eigenvalue weighted by Gasteiger charge is -2.14. The number of urea groups is 1. The number of rotatable bonds is 5. The van der Waals surface area contributed by atoms with Crippen molar-refractivity contribution in [1.82, 2.24) is 5.32 Å². The van der Waals surface area contributed by atoms with Crippen LogP contribution in [0.4, 0.5) is 23.7 Å². The molecular weight excluding hydrogens is 277 g/mol. The number of carbonyl (C=O) groups is 2. The first kappa shape index (κ1) is 15.8. The van der Waals surface area contributed by atoms with Crippen molar-refractivity contribution < 1.29 is 27.9 Å². The molecule has 1 aromatic rings. The average molecular weight is 290 g/mol. The molecule has 0 radical (unpaired) electrons. The monoisotopic (exact) mass is 290 g/mol. The number of anilines is 1. The van der Waals surface area contributed by atoms with Crippen LogP contribution in [0.3, 0.4) is 0 Å². The number of halogens is 3. The molecule has 1 atom stereocenters. The van der Waals surface area contributed by atoms with E-state index in [1.807, 2.05) is 5.32 Å². The van der Waals surface area contributed by atoms with Gasteiger partial charge >= 0.3 is 12.0 Å². The molecule has 110 valence electrons.